The van der Waals surface area contributed by atoms with E-state index in [-0.39, 0.29) is 16.8 Å². The molecule has 1 aromatic heterocycles. The fourth-order valence-corrected chi connectivity index (χ4v) is 2.35. The summed E-state index contributed by atoms with van der Waals surface area (Å²) < 4.78 is 13.0. The largest absolute Gasteiger partial charge is 0.332 e. The molecule has 0 aliphatic heterocycles. The third-order valence-corrected chi connectivity index (χ3v) is 3.81. The predicted molar refractivity (Wildman–Crippen MR) is 103 cm³/mol. The minimum absolute atomic E-state index is 0.168. The van der Waals surface area contributed by atoms with Gasteiger partial charge in [0.25, 0.3) is 0 Å². The molecule has 134 valence electrons. The number of aromatic nitrogens is 3. The Hall–Kier alpha value is -2.87. The van der Waals surface area contributed by atoms with Crippen LogP contribution in [-0.2, 0) is 4.79 Å². The van der Waals surface area contributed by atoms with Gasteiger partial charge in [0, 0.05) is 11.1 Å². The van der Waals surface area contributed by atoms with Gasteiger partial charge in [-0.25, -0.2) is 4.39 Å². The highest BCUT2D eigenvalue weighted by Gasteiger charge is 2.22. The van der Waals surface area contributed by atoms with Gasteiger partial charge in [0.15, 0.2) is 5.11 Å². The Balaban J connectivity index is 1.78. The molecule has 0 saturated heterocycles. The molecule has 0 atom stereocenters. The number of rotatable bonds is 2. The second-order valence-electron chi connectivity index (χ2n) is 6.83. The van der Waals surface area contributed by atoms with Gasteiger partial charge in [-0.3, -0.25) is 4.79 Å². The standard InChI is InChI=1S/C18H18FN5OS/c1-18(2,3)16(25)21-17(26)20-12-6-9-14-15(10-12)23-24(22-14)13-7-4-11(19)5-8-13/h4-10H,1-3H3,(H2,20,21,25,26). The number of carbonyl (C=O) groups is 1. The molecule has 0 unspecified atom stereocenters. The van der Waals surface area contributed by atoms with Crippen molar-refractivity contribution in [1.29, 1.82) is 0 Å². The highest BCUT2D eigenvalue weighted by atomic mass is 32.1. The summed E-state index contributed by atoms with van der Waals surface area (Å²) in [5, 5.41) is 14.6. The number of thiocarbonyl (C=S) groups is 1. The lowest BCUT2D eigenvalue weighted by atomic mass is 9.96. The highest BCUT2D eigenvalue weighted by molar-refractivity contribution is 7.80. The van der Waals surface area contributed by atoms with Crippen LogP contribution in [0.25, 0.3) is 16.7 Å². The van der Waals surface area contributed by atoms with Gasteiger partial charge in [0.2, 0.25) is 5.91 Å². The zero-order valence-electron chi connectivity index (χ0n) is 14.6. The minimum atomic E-state index is -0.534. The van der Waals surface area contributed by atoms with Crippen LogP contribution in [-0.4, -0.2) is 26.0 Å². The second kappa shape index (κ2) is 6.80. The lowest BCUT2D eigenvalue weighted by Gasteiger charge is -2.18. The van der Waals surface area contributed by atoms with Gasteiger partial charge in [-0.2, -0.15) is 4.80 Å². The van der Waals surface area contributed by atoms with Crippen molar-refractivity contribution in [3.05, 3.63) is 48.3 Å². The first-order valence-electron chi connectivity index (χ1n) is 7.98. The number of hydrogen-bond acceptors (Lipinski definition) is 4. The van der Waals surface area contributed by atoms with Crippen molar-refractivity contribution in [2.45, 2.75) is 20.8 Å². The molecule has 2 aromatic carbocycles. The van der Waals surface area contributed by atoms with Crippen molar-refractivity contribution in [3.63, 3.8) is 0 Å². The topological polar surface area (TPSA) is 71.8 Å². The van der Waals surface area contributed by atoms with Crippen molar-refractivity contribution in [2.75, 3.05) is 5.32 Å². The van der Waals surface area contributed by atoms with Crippen LogP contribution >= 0.6 is 12.2 Å². The number of fused-ring (bicyclic) bond motifs is 1. The van der Waals surface area contributed by atoms with Crippen molar-refractivity contribution < 1.29 is 9.18 Å². The van der Waals surface area contributed by atoms with E-state index in [1.165, 1.54) is 16.9 Å². The molecule has 3 rings (SSSR count). The molecule has 6 nitrogen and oxygen atoms in total. The lowest BCUT2D eigenvalue weighted by Crippen LogP contribution is -2.41. The van der Waals surface area contributed by atoms with Crippen LogP contribution in [0.2, 0.25) is 0 Å². The van der Waals surface area contributed by atoms with Gasteiger partial charge in [0.1, 0.15) is 16.9 Å². The highest BCUT2D eigenvalue weighted by Crippen LogP contribution is 2.18. The molecule has 0 spiro atoms. The summed E-state index contributed by atoms with van der Waals surface area (Å²) in [6, 6.07) is 11.3. The monoisotopic (exact) mass is 371 g/mol. The molecule has 1 amide bonds. The molecule has 3 aromatic rings. The Bertz CT molecular complexity index is 975. The van der Waals surface area contributed by atoms with Crippen LogP contribution in [0, 0.1) is 11.2 Å². The Kier molecular flexibility index (Phi) is 4.69. The molecule has 0 fully saturated rings. The number of carbonyl (C=O) groups excluding carboxylic acids is 1. The Morgan fingerprint density at radius 3 is 2.38 bits per heavy atom. The fourth-order valence-electron chi connectivity index (χ4n) is 2.14. The van der Waals surface area contributed by atoms with Crippen LogP contribution < -0.4 is 10.6 Å². The Morgan fingerprint density at radius 2 is 1.73 bits per heavy atom. The van der Waals surface area contributed by atoms with Crippen molar-refractivity contribution in [3.8, 4) is 5.69 Å². The van der Waals surface area contributed by atoms with Gasteiger partial charge in [-0.05, 0) is 54.7 Å². The van der Waals surface area contributed by atoms with E-state index >= 15 is 0 Å². The predicted octanol–water partition coefficient (Wildman–Crippen LogP) is 3.42. The number of anilines is 1. The van der Waals surface area contributed by atoms with Gasteiger partial charge >= 0.3 is 0 Å². The van der Waals surface area contributed by atoms with E-state index in [0.717, 1.165) is 0 Å². The molecule has 0 aliphatic carbocycles. The van der Waals surface area contributed by atoms with E-state index in [0.29, 0.717) is 22.4 Å². The average molecular weight is 371 g/mol. The Morgan fingerprint density at radius 1 is 1.08 bits per heavy atom. The zero-order valence-corrected chi connectivity index (χ0v) is 15.4. The summed E-state index contributed by atoms with van der Waals surface area (Å²) in [6.45, 7) is 5.43. The molecular weight excluding hydrogens is 353 g/mol. The number of nitrogens with one attached hydrogen (secondary N) is 2. The molecule has 0 saturated carbocycles. The van der Waals surface area contributed by atoms with Crippen LogP contribution in [0.3, 0.4) is 0 Å². The van der Waals surface area contributed by atoms with E-state index in [2.05, 4.69) is 20.8 Å². The first-order valence-corrected chi connectivity index (χ1v) is 8.39. The molecule has 8 heteroatoms. The van der Waals surface area contributed by atoms with Gasteiger partial charge < -0.3 is 10.6 Å². The quantitative estimate of drug-likeness (QED) is 0.676. The minimum Gasteiger partial charge on any atom is -0.332 e. The Labute approximate surface area is 155 Å². The number of halogens is 1. The van der Waals surface area contributed by atoms with Crippen molar-refractivity contribution in [2.24, 2.45) is 5.41 Å². The molecule has 0 radical (unpaired) electrons. The van der Waals surface area contributed by atoms with Crippen LogP contribution in [0.4, 0.5) is 10.1 Å². The zero-order chi connectivity index (χ0) is 18.9. The van der Waals surface area contributed by atoms with Crippen LogP contribution in [0.5, 0.6) is 0 Å². The first-order chi connectivity index (χ1) is 12.2. The third-order valence-electron chi connectivity index (χ3n) is 3.60. The number of benzene rings is 2. The molecule has 0 aliphatic rings. The maximum Gasteiger partial charge on any atom is 0.231 e. The average Bonchev–Trinajstić information content (AvgIpc) is 2.97. The number of hydrogen-bond donors (Lipinski definition) is 2. The number of amides is 1. The summed E-state index contributed by atoms with van der Waals surface area (Å²) in [7, 11) is 0. The fraction of sp³-hybridized carbons (Fsp3) is 0.222. The number of nitrogens with zero attached hydrogens (tertiary/aromatic N) is 3. The second-order valence-corrected chi connectivity index (χ2v) is 7.24. The molecule has 0 bridgehead atoms. The summed E-state index contributed by atoms with van der Waals surface area (Å²) in [4.78, 5) is 13.4. The molecule has 2 N–H and O–H groups in total. The van der Waals surface area contributed by atoms with Crippen LogP contribution in [0.1, 0.15) is 20.8 Å². The smallest absolute Gasteiger partial charge is 0.231 e. The summed E-state index contributed by atoms with van der Waals surface area (Å²) >= 11 is 5.18. The molecule has 26 heavy (non-hydrogen) atoms. The van der Waals surface area contributed by atoms with Crippen molar-refractivity contribution >= 4 is 40.0 Å². The van der Waals surface area contributed by atoms with Gasteiger partial charge in [-0.1, -0.05) is 20.8 Å². The lowest BCUT2D eigenvalue weighted by molar-refractivity contribution is -0.126. The SMILES string of the molecule is CC(C)(C)C(=O)NC(=S)Nc1ccc2nn(-c3ccc(F)cc3)nc2c1. The van der Waals surface area contributed by atoms with Crippen molar-refractivity contribution in [1.82, 2.24) is 20.3 Å². The maximum atomic E-state index is 13.0. The van der Waals surface area contributed by atoms with E-state index in [4.69, 9.17) is 12.2 Å². The van der Waals surface area contributed by atoms with Gasteiger partial charge in [-0.15, -0.1) is 10.2 Å². The van der Waals surface area contributed by atoms with E-state index in [1.807, 2.05) is 20.8 Å². The van der Waals surface area contributed by atoms with E-state index < -0.39 is 5.41 Å². The summed E-state index contributed by atoms with van der Waals surface area (Å²) in [5.41, 5.74) is 2.13. The molecular formula is C18H18FN5OS. The summed E-state index contributed by atoms with van der Waals surface area (Å²) in [5.74, 6) is -0.485. The third kappa shape index (κ3) is 4.02. The first kappa shape index (κ1) is 17.9. The van der Waals surface area contributed by atoms with Gasteiger partial charge in [0.05, 0.1) is 5.69 Å². The summed E-state index contributed by atoms with van der Waals surface area (Å²) in [6.07, 6.45) is 0. The molecule has 1 heterocycles. The maximum absolute atomic E-state index is 13.0. The van der Waals surface area contributed by atoms with E-state index in [1.54, 1.807) is 30.3 Å². The normalized spacial score (nSPS) is 11.4. The van der Waals surface area contributed by atoms with Crippen LogP contribution in [0.15, 0.2) is 42.5 Å². The van der Waals surface area contributed by atoms with E-state index in [9.17, 15) is 9.18 Å².